The van der Waals surface area contributed by atoms with Gasteiger partial charge in [0.1, 0.15) is 0 Å². The summed E-state index contributed by atoms with van der Waals surface area (Å²) in [5, 5.41) is 0. The van der Waals surface area contributed by atoms with Crippen molar-refractivity contribution < 1.29 is 9.53 Å². The van der Waals surface area contributed by atoms with Crippen molar-refractivity contribution in [3.8, 4) is 0 Å². The van der Waals surface area contributed by atoms with Crippen molar-refractivity contribution in [2.75, 3.05) is 6.61 Å². The molecule has 2 heteroatoms. The molecule has 1 aliphatic rings. The number of carbonyl (C=O) groups excluding carboxylic acids is 1. The number of carbonyl (C=O) groups is 1. The Kier molecular flexibility index (Phi) is 3.57. The van der Waals surface area contributed by atoms with E-state index in [1.165, 1.54) is 19.3 Å². The first-order chi connectivity index (χ1) is 6.50. The molecule has 0 bridgehead atoms. The van der Waals surface area contributed by atoms with Crippen molar-refractivity contribution in [2.24, 2.45) is 17.3 Å². The van der Waals surface area contributed by atoms with Gasteiger partial charge in [0.25, 0.3) is 0 Å². The van der Waals surface area contributed by atoms with Crippen LogP contribution in [0.3, 0.4) is 0 Å². The van der Waals surface area contributed by atoms with Crippen molar-refractivity contribution in [3.63, 3.8) is 0 Å². The molecule has 0 aromatic heterocycles. The number of hydrogen-bond donors (Lipinski definition) is 0. The van der Waals surface area contributed by atoms with Gasteiger partial charge < -0.3 is 4.74 Å². The molecule has 1 rings (SSSR count). The van der Waals surface area contributed by atoms with E-state index in [1.807, 2.05) is 20.8 Å². The molecule has 82 valence electrons. The lowest BCUT2D eigenvalue weighted by molar-refractivity contribution is -0.157. The molecular formula is C12H22O2. The summed E-state index contributed by atoms with van der Waals surface area (Å²) in [6.07, 6.45) is 3.69. The number of ether oxygens (including phenoxy) is 1. The van der Waals surface area contributed by atoms with Crippen molar-refractivity contribution in [3.05, 3.63) is 0 Å². The van der Waals surface area contributed by atoms with E-state index in [0.29, 0.717) is 18.4 Å². The highest BCUT2D eigenvalue weighted by molar-refractivity contribution is 5.76. The fraction of sp³-hybridized carbons (Fsp3) is 0.917. The summed E-state index contributed by atoms with van der Waals surface area (Å²) in [7, 11) is 0. The zero-order chi connectivity index (χ0) is 10.8. The highest BCUT2D eigenvalue weighted by atomic mass is 16.5. The second kappa shape index (κ2) is 4.33. The van der Waals surface area contributed by atoms with Crippen LogP contribution in [-0.2, 0) is 9.53 Å². The Morgan fingerprint density at radius 2 is 2.07 bits per heavy atom. The van der Waals surface area contributed by atoms with Crippen LogP contribution < -0.4 is 0 Å². The predicted octanol–water partition coefficient (Wildman–Crippen LogP) is 3.01. The van der Waals surface area contributed by atoms with Gasteiger partial charge in [-0.2, -0.15) is 0 Å². The second-order valence-corrected chi connectivity index (χ2v) is 4.96. The molecule has 0 spiro atoms. The van der Waals surface area contributed by atoms with Gasteiger partial charge in [0.05, 0.1) is 12.0 Å². The van der Waals surface area contributed by atoms with Gasteiger partial charge in [-0.25, -0.2) is 0 Å². The Morgan fingerprint density at radius 3 is 2.50 bits per heavy atom. The normalized spacial score (nSPS) is 27.7. The Bertz CT molecular complexity index is 208. The van der Waals surface area contributed by atoms with Crippen molar-refractivity contribution in [2.45, 2.75) is 47.0 Å². The van der Waals surface area contributed by atoms with Crippen LogP contribution in [0.15, 0.2) is 0 Å². The summed E-state index contributed by atoms with van der Waals surface area (Å²) < 4.78 is 5.13. The van der Waals surface area contributed by atoms with Gasteiger partial charge in [-0.05, 0) is 39.0 Å². The first-order valence-electron chi connectivity index (χ1n) is 5.67. The molecule has 2 atom stereocenters. The SMILES string of the molecule is CCOC(=O)C(C)(C)C1CCCC1C. The summed E-state index contributed by atoms with van der Waals surface area (Å²) in [6.45, 7) is 8.66. The fourth-order valence-electron chi connectivity index (χ4n) is 2.69. The first kappa shape index (κ1) is 11.5. The summed E-state index contributed by atoms with van der Waals surface area (Å²) in [5.74, 6) is 1.13. The second-order valence-electron chi connectivity index (χ2n) is 4.96. The molecule has 0 amide bonds. The van der Waals surface area contributed by atoms with Gasteiger partial charge in [-0.3, -0.25) is 4.79 Å². The average Bonchev–Trinajstić information content (AvgIpc) is 2.52. The Labute approximate surface area is 87.0 Å². The summed E-state index contributed by atoms with van der Waals surface area (Å²) in [4.78, 5) is 11.8. The van der Waals surface area contributed by atoms with E-state index in [4.69, 9.17) is 4.74 Å². The summed E-state index contributed by atoms with van der Waals surface area (Å²) in [5.41, 5.74) is -0.300. The number of hydrogen-bond acceptors (Lipinski definition) is 2. The number of esters is 1. The van der Waals surface area contributed by atoms with E-state index in [-0.39, 0.29) is 11.4 Å². The smallest absolute Gasteiger partial charge is 0.311 e. The third-order valence-corrected chi connectivity index (χ3v) is 3.59. The molecule has 0 aromatic rings. The van der Waals surface area contributed by atoms with Gasteiger partial charge in [-0.1, -0.05) is 19.8 Å². The molecule has 14 heavy (non-hydrogen) atoms. The predicted molar refractivity (Wildman–Crippen MR) is 56.9 cm³/mol. The van der Waals surface area contributed by atoms with E-state index in [1.54, 1.807) is 0 Å². The third kappa shape index (κ3) is 2.10. The van der Waals surface area contributed by atoms with Crippen LogP contribution in [0.2, 0.25) is 0 Å². The summed E-state index contributed by atoms with van der Waals surface area (Å²) >= 11 is 0. The maximum Gasteiger partial charge on any atom is 0.311 e. The zero-order valence-corrected chi connectivity index (χ0v) is 9.80. The van der Waals surface area contributed by atoms with E-state index in [9.17, 15) is 4.79 Å². The maximum atomic E-state index is 11.8. The topological polar surface area (TPSA) is 26.3 Å². The molecule has 0 saturated heterocycles. The van der Waals surface area contributed by atoms with Gasteiger partial charge in [0, 0.05) is 0 Å². The molecule has 2 nitrogen and oxygen atoms in total. The van der Waals surface area contributed by atoms with Crippen LogP contribution >= 0.6 is 0 Å². The summed E-state index contributed by atoms with van der Waals surface area (Å²) in [6, 6.07) is 0. The minimum Gasteiger partial charge on any atom is -0.466 e. The van der Waals surface area contributed by atoms with E-state index in [0.717, 1.165) is 0 Å². The van der Waals surface area contributed by atoms with Crippen LogP contribution in [0.5, 0.6) is 0 Å². The van der Waals surface area contributed by atoms with E-state index < -0.39 is 0 Å². The first-order valence-corrected chi connectivity index (χ1v) is 5.67. The highest BCUT2D eigenvalue weighted by Crippen LogP contribution is 2.44. The van der Waals surface area contributed by atoms with E-state index in [2.05, 4.69) is 6.92 Å². The third-order valence-electron chi connectivity index (χ3n) is 3.59. The molecule has 1 saturated carbocycles. The molecule has 1 aliphatic carbocycles. The molecule has 0 aliphatic heterocycles. The Balaban J connectivity index is 2.67. The molecule has 0 heterocycles. The molecular weight excluding hydrogens is 176 g/mol. The molecule has 0 N–H and O–H groups in total. The lowest BCUT2D eigenvalue weighted by Crippen LogP contribution is -2.35. The van der Waals surface area contributed by atoms with Crippen molar-refractivity contribution in [1.82, 2.24) is 0 Å². The van der Waals surface area contributed by atoms with E-state index >= 15 is 0 Å². The van der Waals surface area contributed by atoms with Crippen LogP contribution in [-0.4, -0.2) is 12.6 Å². The van der Waals surface area contributed by atoms with Gasteiger partial charge in [0.2, 0.25) is 0 Å². The lowest BCUT2D eigenvalue weighted by atomic mass is 9.74. The molecule has 0 aromatic carbocycles. The maximum absolute atomic E-state index is 11.8. The van der Waals surface area contributed by atoms with Gasteiger partial charge >= 0.3 is 5.97 Å². The quantitative estimate of drug-likeness (QED) is 0.652. The van der Waals surface area contributed by atoms with Crippen LogP contribution in [0.25, 0.3) is 0 Å². The monoisotopic (exact) mass is 198 g/mol. The minimum atomic E-state index is -0.300. The average molecular weight is 198 g/mol. The largest absolute Gasteiger partial charge is 0.466 e. The number of rotatable bonds is 3. The van der Waals surface area contributed by atoms with Crippen LogP contribution in [0, 0.1) is 17.3 Å². The van der Waals surface area contributed by atoms with Gasteiger partial charge in [0.15, 0.2) is 0 Å². The fourth-order valence-corrected chi connectivity index (χ4v) is 2.69. The zero-order valence-electron chi connectivity index (χ0n) is 9.80. The van der Waals surface area contributed by atoms with Crippen molar-refractivity contribution in [1.29, 1.82) is 0 Å². The lowest BCUT2D eigenvalue weighted by Gasteiger charge is -2.32. The standard InChI is InChI=1S/C12H22O2/c1-5-14-11(13)12(3,4)10-8-6-7-9(10)2/h9-10H,5-8H2,1-4H3. The Morgan fingerprint density at radius 1 is 1.43 bits per heavy atom. The minimum absolute atomic E-state index is 0.0289. The molecule has 2 unspecified atom stereocenters. The van der Waals surface area contributed by atoms with Crippen molar-refractivity contribution >= 4 is 5.97 Å². The van der Waals surface area contributed by atoms with Crippen LogP contribution in [0.1, 0.15) is 47.0 Å². The van der Waals surface area contributed by atoms with Gasteiger partial charge in [-0.15, -0.1) is 0 Å². The molecule has 0 radical (unpaired) electrons. The highest BCUT2D eigenvalue weighted by Gasteiger charge is 2.42. The molecule has 1 fully saturated rings. The van der Waals surface area contributed by atoms with Crippen LogP contribution in [0.4, 0.5) is 0 Å². The Hall–Kier alpha value is -0.530.